The molecule has 0 aliphatic carbocycles. The van der Waals surface area contributed by atoms with Crippen LogP contribution in [0.2, 0.25) is 0 Å². The minimum Gasteiger partial charge on any atom is -0.460 e. The first kappa shape index (κ1) is 14.7. The number of carbonyl (C=O) groups is 1. The van der Waals surface area contributed by atoms with Gasteiger partial charge in [0.25, 0.3) is 0 Å². The molecule has 1 N–H and O–H groups in total. The zero-order valence-electron chi connectivity index (χ0n) is 11.5. The summed E-state index contributed by atoms with van der Waals surface area (Å²) < 4.78 is 5.20. The molecule has 0 aliphatic rings. The van der Waals surface area contributed by atoms with Gasteiger partial charge >= 0.3 is 5.97 Å². The van der Waals surface area contributed by atoms with Crippen molar-refractivity contribution in [1.82, 2.24) is 0 Å². The maximum Gasteiger partial charge on any atom is 0.308 e. The zero-order valence-corrected chi connectivity index (χ0v) is 11.5. The van der Waals surface area contributed by atoms with Crippen LogP contribution in [0.5, 0.6) is 0 Å². The molecule has 2 atom stereocenters. The lowest BCUT2D eigenvalue weighted by Gasteiger charge is -2.23. The lowest BCUT2D eigenvalue weighted by molar-refractivity contribution is -0.157. The molecule has 3 nitrogen and oxygen atoms in total. The van der Waals surface area contributed by atoms with Gasteiger partial charge in [0.2, 0.25) is 0 Å². The van der Waals surface area contributed by atoms with Crippen molar-refractivity contribution in [2.24, 2.45) is 0 Å². The highest BCUT2D eigenvalue weighted by Crippen LogP contribution is 2.22. The lowest BCUT2D eigenvalue weighted by Crippen LogP contribution is -2.28. The van der Waals surface area contributed by atoms with Crippen molar-refractivity contribution < 1.29 is 14.6 Å². The van der Waals surface area contributed by atoms with Crippen LogP contribution in [-0.2, 0) is 9.53 Å². The van der Waals surface area contributed by atoms with Crippen LogP contribution in [0.3, 0.4) is 0 Å². The summed E-state index contributed by atoms with van der Waals surface area (Å²) in [6, 6.07) is 9.67. The second-order valence-corrected chi connectivity index (χ2v) is 5.56. The van der Waals surface area contributed by atoms with Gasteiger partial charge in [-0.05, 0) is 26.3 Å². The van der Waals surface area contributed by atoms with E-state index in [9.17, 15) is 9.90 Å². The standard InChI is InChI=1S/C15H22O3/c1-11(12-8-6-5-7-9-12)13(16)10-14(17)18-15(2,3)4/h5-9,11,13,16H,10H2,1-4H3/t11-,13+/m0/s1. The molecule has 0 spiro atoms. The van der Waals surface area contributed by atoms with E-state index in [0.717, 1.165) is 5.56 Å². The molecule has 1 aromatic rings. The van der Waals surface area contributed by atoms with Crippen LogP contribution in [0.4, 0.5) is 0 Å². The number of ether oxygens (including phenoxy) is 1. The molecule has 3 heteroatoms. The quantitative estimate of drug-likeness (QED) is 0.836. The maximum atomic E-state index is 11.6. The number of aliphatic hydroxyl groups is 1. The van der Waals surface area contributed by atoms with E-state index in [0.29, 0.717) is 0 Å². The molecule has 18 heavy (non-hydrogen) atoms. The van der Waals surface area contributed by atoms with Crippen LogP contribution in [0, 0.1) is 0 Å². The highest BCUT2D eigenvalue weighted by atomic mass is 16.6. The molecule has 0 fully saturated rings. The van der Waals surface area contributed by atoms with Crippen molar-refractivity contribution in [1.29, 1.82) is 0 Å². The summed E-state index contributed by atoms with van der Waals surface area (Å²) in [5, 5.41) is 10.0. The molecular weight excluding hydrogens is 228 g/mol. The van der Waals surface area contributed by atoms with E-state index in [1.54, 1.807) is 0 Å². The number of esters is 1. The zero-order chi connectivity index (χ0) is 13.8. The maximum absolute atomic E-state index is 11.6. The number of hydrogen-bond acceptors (Lipinski definition) is 3. The molecule has 0 unspecified atom stereocenters. The van der Waals surface area contributed by atoms with Gasteiger partial charge in [0.1, 0.15) is 5.60 Å². The molecule has 0 bridgehead atoms. The first-order valence-corrected chi connectivity index (χ1v) is 6.24. The fourth-order valence-corrected chi connectivity index (χ4v) is 1.71. The molecule has 0 amide bonds. The largest absolute Gasteiger partial charge is 0.460 e. The Morgan fingerprint density at radius 3 is 2.33 bits per heavy atom. The van der Waals surface area contributed by atoms with Gasteiger partial charge in [-0.1, -0.05) is 37.3 Å². The van der Waals surface area contributed by atoms with Crippen molar-refractivity contribution in [3.8, 4) is 0 Å². The summed E-state index contributed by atoms with van der Waals surface area (Å²) in [7, 11) is 0. The number of aliphatic hydroxyl groups excluding tert-OH is 1. The number of benzene rings is 1. The Bertz CT molecular complexity index is 378. The molecule has 0 aromatic heterocycles. The molecular formula is C15H22O3. The normalized spacial score (nSPS) is 14.9. The molecule has 0 saturated carbocycles. The van der Waals surface area contributed by atoms with Gasteiger partial charge < -0.3 is 9.84 Å². The SMILES string of the molecule is C[C@@H](c1ccccc1)[C@H](O)CC(=O)OC(C)(C)C. The smallest absolute Gasteiger partial charge is 0.308 e. The average Bonchev–Trinajstić information content (AvgIpc) is 2.26. The van der Waals surface area contributed by atoms with E-state index < -0.39 is 11.7 Å². The average molecular weight is 250 g/mol. The Morgan fingerprint density at radius 1 is 1.28 bits per heavy atom. The Kier molecular flexibility index (Phi) is 4.91. The summed E-state index contributed by atoms with van der Waals surface area (Å²) in [6.45, 7) is 7.36. The van der Waals surface area contributed by atoms with Crippen molar-refractivity contribution in [2.45, 2.75) is 51.7 Å². The van der Waals surface area contributed by atoms with E-state index in [2.05, 4.69) is 0 Å². The Hall–Kier alpha value is -1.35. The van der Waals surface area contributed by atoms with Gasteiger partial charge in [0.05, 0.1) is 12.5 Å². The predicted octanol–water partition coefficient (Wildman–Crippen LogP) is 2.88. The monoisotopic (exact) mass is 250 g/mol. The van der Waals surface area contributed by atoms with E-state index >= 15 is 0 Å². The molecule has 0 saturated heterocycles. The van der Waals surface area contributed by atoms with Crippen LogP contribution < -0.4 is 0 Å². The second-order valence-electron chi connectivity index (χ2n) is 5.56. The third-order valence-corrected chi connectivity index (χ3v) is 2.70. The second kappa shape index (κ2) is 6.01. The number of rotatable bonds is 4. The third-order valence-electron chi connectivity index (χ3n) is 2.70. The highest BCUT2D eigenvalue weighted by Gasteiger charge is 2.23. The number of hydrogen-bond donors (Lipinski definition) is 1. The fourth-order valence-electron chi connectivity index (χ4n) is 1.71. The molecule has 1 aromatic carbocycles. The lowest BCUT2D eigenvalue weighted by atomic mass is 9.93. The van der Waals surface area contributed by atoms with Crippen LogP contribution in [0.25, 0.3) is 0 Å². The van der Waals surface area contributed by atoms with E-state index in [1.807, 2.05) is 58.0 Å². The molecule has 0 radical (unpaired) electrons. The Morgan fingerprint density at radius 2 is 1.83 bits per heavy atom. The minimum atomic E-state index is -0.720. The van der Waals surface area contributed by atoms with Crippen LogP contribution >= 0.6 is 0 Å². The van der Waals surface area contributed by atoms with Crippen molar-refractivity contribution in [3.05, 3.63) is 35.9 Å². The van der Waals surface area contributed by atoms with Gasteiger partial charge in [0.15, 0.2) is 0 Å². The van der Waals surface area contributed by atoms with Crippen molar-refractivity contribution in [3.63, 3.8) is 0 Å². The fraction of sp³-hybridized carbons (Fsp3) is 0.533. The highest BCUT2D eigenvalue weighted by molar-refractivity contribution is 5.70. The van der Waals surface area contributed by atoms with Crippen LogP contribution in [0.1, 0.15) is 45.6 Å². The van der Waals surface area contributed by atoms with Gasteiger partial charge in [-0.25, -0.2) is 0 Å². The summed E-state index contributed by atoms with van der Waals surface area (Å²) >= 11 is 0. The molecule has 100 valence electrons. The topological polar surface area (TPSA) is 46.5 Å². The minimum absolute atomic E-state index is 0.0212. The first-order valence-electron chi connectivity index (χ1n) is 6.24. The van der Waals surface area contributed by atoms with Gasteiger partial charge in [0, 0.05) is 5.92 Å². The first-order chi connectivity index (χ1) is 8.29. The van der Waals surface area contributed by atoms with Gasteiger partial charge in [-0.3, -0.25) is 4.79 Å². The van der Waals surface area contributed by atoms with Gasteiger partial charge in [-0.2, -0.15) is 0 Å². The van der Waals surface area contributed by atoms with E-state index in [1.165, 1.54) is 0 Å². The molecule has 0 heterocycles. The Balaban J connectivity index is 2.55. The summed E-state index contributed by atoms with van der Waals surface area (Å²) in [5.41, 5.74) is 0.515. The Labute approximate surface area is 109 Å². The van der Waals surface area contributed by atoms with Crippen molar-refractivity contribution >= 4 is 5.97 Å². The van der Waals surface area contributed by atoms with Crippen LogP contribution in [-0.4, -0.2) is 22.8 Å². The van der Waals surface area contributed by atoms with E-state index in [-0.39, 0.29) is 18.3 Å². The summed E-state index contributed by atoms with van der Waals surface area (Å²) in [5.74, 6) is -0.448. The predicted molar refractivity (Wildman–Crippen MR) is 71.3 cm³/mol. The third kappa shape index (κ3) is 4.88. The molecule has 0 aliphatic heterocycles. The van der Waals surface area contributed by atoms with E-state index in [4.69, 9.17) is 4.74 Å². The number of carbonyl (C=O) groups excluding carboxylic acids is 1. The van der Waals surface area contributed by atoms with Crippen molar-refractivity contribution in [2.75, 3.05) is 0 Å². The molecule has 1 rings (SSSR count). The summed E-state index contributed by atoms with van der Waals surface area (Å²) in [4.78, 5) is 11.6. The summed E-state index contributed by atoms with van der Waals surface area (Å²) in [6.07, 6.45) is -0.699. The van der Waals surface area contributed by atoms with Gasteiger partial charge in [-0.15, -0.1) is 0 Å². The van der Waals surface area contributed by atoms with Crippen LogP contribution in [0.15, 0.2) is 30.3 Å².